The fraction of sp³-hybridized carbons (Fsp3) is 0.0526. The number of amides is 1. The number of thiophene rings is 1. The summed E-state index contributed by atoms with van der Waals surface area (Å²) in [6.07, 6.45) is 7.52. The number of benzene rings is 1. The molecule has 25 heavy (non-hydrogen) atoms. The van der Waals surface area contributed by atoms with Gasteiger partial charge in [-0.1, -0.05) is 0 Å². The maximum atomic E-state index is 11.4. The van der Waals surface area contributed by atoms with E-state index in [1.165, 1.54) is 0 Å². The molecular formula is C19H16N4OS. The van der Waals surface area contributed by atoms with Crippen molar-refractivity contribution in [2.24, 2.45) is 5.73 Å². The van der Waals surface area contributed by atoms with Gasteiger partial charge in [0.2, 0.25) is 5.91 Å². The summed E-state index contributed by atoms with van der Waals surface area (Å²) in [5.41, 5.74) is 9.03. The number of carbonyl (C=O) groups is 1. The second-order valence-corrected chi connectivity index (χ2v) is 6.80. The lowest BCUT2D eigenvalue weighted by molar-refractivity contribution is 0.1000. The third-order valence-corrected chi connectivity index (χ3v) is 5.21. The van der Waals surface area contributed by atoms with Crippen molar-refractivity contribution in [1.82, 2.24) is 14.1 Å². The van der Waals surface area contributed by atoms with Gasteiger partial charge < -0.3 is 10.3 Å². The third-order valence-electron chi connectivity index (χ3n) is 4.09. The zero-order valence-corrected chi connectivity index (χ0v) is 14.4. The fourth-order valence-corrected chi connectivity index (χ4v) is 3.85. The molecule has 3 heterocycles. The van der Waals surface area contributed by atoms with Crippen LogP contribution in [0.15, 0.2) is 67.4 Å². The van der Waals surface area contributed by atoms with E-state index >= 15 is 0 Å². The van der Waals surface area contributed by atoms with Gasteiger partial charge in [0.1, 0.15) is 5.00 Å². The van der Waals surface area contributed by atoms with Crippen LogP contribution < -0.4 is 5.73 Å². The Kier molecular flexibility index (Phi) is 3.74. The molecule has 1 aromatic carbocycles. The number of imidazole rings is 1. The van der Waals surface area contributed by atoms with Crippen molar-refractivity contribution in [3.63, 3.8) is 0 Å². The third kappa shape index (κ3) is 2.77. The van der Waals surface area contributed by atoms with Crippen LogP contribution in [-0.2, 0) is 0 Å². The Labute approximate surface area is 149 Å². The molecule has 5 nitrogen and oxygen atoms in total. The zero-order valence-electron chi connectivity index (χ0n) is 13.6. The van der Waals surface area contributed by atoms with Gasteiger partial charge in [-0.25, -0.2) is 4.98 Å². The van der Waals surface area contributed by atoms with Gasteiger partial charge >= 0.3 is 0 Å². The zero-order chi connectivity index (χ0) is 17.4. The van der Waals surface area contributed by atoms with Gasteiger partial charge in [-0.15, -0.1) is 11.3 Å². The first-order valence-corrected chi connectivity index (χ1v) is 8.62. The van der Waals surface area contributed by atoms with E-state index < -0.39 is 5.91 Å². The predicted molar refractivity (Wildman–Crippen MR) is 99.5 cm³/mol. The van der Waals surface area contributed by atoms with E-state index in [1.54, 1.807) is 29.9 Å². The topological polar surface area (TPSA) is 65.8 Å². The van der Waals surface area contributed by atoms with E-state index in [4.69, 9.17) is 5.73 Å². The molecular weight excluding hydrogens is 332 g/mol. The summed E-state index contributed by atoms with van der Waals surface area (Å²) in [5, 5.41) is 1.11. The average Bonchev–Trinajstić information content (AvgIpc) is 3.34. The Balaban J connectivity index is 1.76. The van der Waals surface area contributed by atoms with E-state index in [-0.39, 0.29) is 0 Å². The summed E-state index contributed by atoms with van der Waals surface area (Å²) >= 11 is 1.70. The molecule has 4 aromatic rings. The lowest BCUT2D eigenvalue weighted by Gasteiger charge is -2.12. The summed E-state index contributed by atoms with van der Waals surface area (Å²) in [6.45, 7) is 1.98. The van der Waals surface area contributed by atoms with Crippen molar-refractivity contribution in [1.29, 1.82) is 0 Å². The SMILES string of the molecule is Cc1cc(C(N)=O)ccc1-n1cccc1-c1ccc(-n2ccnc2)s1. The number of hydrogen-bond acceptors (Lipinski definition) is 3. The van der Waals surface area contributed by atoms with Crippen LogP contribution in [0, 0.1) is 6.92 Å². The van der Waals surface area contributed by atoms with Crippen LogP contribution in [0.5, 0.6) is 0 Å². The van der Waals surface area contributed by atoms with Crippen molar-refractivity contribution in [3.05, 3.63) is 78.5 Å². The van der Waals surface area contributed by atoms with Gasteiger partial charge in [-0.3, -0.25) is 9.36 Å². The molecule has 0 atom stereocenters. The minimum absolute atomic E-state index is 0.411. The van der Waals surface area contributed by atoms with Gasteiger partial charge in [-0.2, -0.15) is 0 Å². The van der Waals surface area contributed by atoms with Gasteiger partial charge in [0.15, 0.2) is 0 Å². The number of carbonyl (C=O) groups excluding carboxylic acids is 1. The highest BCUT2D eigenvalue weighted by molar-refractivity contribution is 7.17. The number of primary amides is 1. The molecule has 0 bridgehead atoms. The molecule has 0 spiro atoms. The Morgan fingerprint density at radius 2 is 2.04 bits per heavy atom. The molecule has 0 fully saturated rings. The summed E-state index contributed by atoms with van der Waals surface area (Å²) in [4.78, 5) is 16.6. The summed E-state index contributed by atoms with van der Waals surface area (Å²) < 4.78 is 4.12. The number of aromatic nitrogens is 3. The first-order chi connectivity index (χ1) is 12.1. The quantitative estimate of drug-likeness (QED) is 0.609. The van der Waals surface area contributed by atoms with Crippen LogP contribution in [0.25, 0.3) is 21.3 Å². The van der Waals surface area contributed by atoms with E-state index in [0.29, 0.717) is 5.56 Å². The smallest absolute Gasteiger partial charge is 0.248 e. The molecule has 0 aliphatic rings. The van der Waals surface area contributed by atoms with Crippen molar-refractivity contribution >= 4 is 17.2 Å². The Morgan fingerprint density at radius 1 is 1.16 bits per heavy atom. The standard InChI is InChI=1S/C19H16N4OS/c1-13-11-14(19(20)24)4-5-15(13)23-9-2-3-16(23)17-6-7-18(25-17)22-10-8-21-12-22/h2-12H,1H3,(H2,20,24). The normalized spacial score (nSPS) is 10.9. The molecule has 0 saturated carbocycles. The first kappa shape index (κ1) is 15.4. The minimum atomic E-state index is -0.411. The van der Waals surface area contributed by atoms with E-state index in [2.05, 4.69) is 27.8 Å². The Hall–Kier alpha value is -3.12. The summed E-state index contributed by atoms with van der Waals surface area (Å²) in [7, 11) is 0. The van der Waals surface area contributed by atoms with Gasteiger partial charge in [0.25, 0.3) is 0 Å². The highest BCUT2D eigenvalue weighted by Gasteiger charge is 2.12. The van der Waals surface area contributed by atoms with Gasteiger partial charge in [0, 0.05) is 29.8 Å². The minimum Gasteiger partial charge on any atom is -0.366 e. The highest BCUT2D eigenvalue weighted by Crippen LogP contribution is 2.33. The molecule has 0 aliphatic carbocycles. The molecule has 6 heteroatoms. The molecule has 0 unspecified atom stereocenters. The number of nitrogens with two attached hydrogens (primary N) is 1. The predicted octanol–water partition coefficient (Wildman–Crippen LogP) is 3.80. The molecule has 1 amide bonds. The number of hydrogen-bond donors (Lipinski definition) is 1. The van der Waals surface area contributed by atoms with Crippen molar-refractivity contribution in [2.45, 2.75) is 6.92 Å². The van der Waals surface area contributed by atoms with Crippen LogP contribution >= 0.6 is 11.3 Å². The van der Waals surface area contributed by atoms with Crippen LogP contribution in [0.1, 0.15) is 15.9 Å². The van der Waals surface area contributed by atoms with Gasteiger partial charge in [0.05, 0.1) is 16.9 Å². The highest BCUT2D eigenvalue weighted by atomic mass is 32.1. The lowest BCUT2D eigenvalue weighted by Crippen LogP contribution is -2.11. The van der Waals surface area contributed by atoms with Crippen molar-refractivity contribution in [3.8, 4) is 21.3 Å². The second kappa shape index (κ2) is 6.07. The lowest BCUT2D eigenvalue weighted by atomic mass is 10.1. The maximum absolute atomic E-state index is 11.4. The van der Waals surface area contributed by atoms with E-state index in [9.17, 15) is 4.79 Å². The first-order valence-electron chi connectivity index (χ1n) is 7.80. The largest absolute Gasteiger partial charge is 0.366 e. The Bertz CT molecular complexity index is 1040. The van der Waals surface area contributed by atoms with Gasteiger partial charge in [-0.05, 0) is 55.0 Å². The number of nitrogens with zero attached hydrogens (tertiary/aromatic N) is 3. The molecule has 0 saturated heterocycles. The fourth-order valence-electron chi connectivity index (χ4n) is 2.86. The Morgan fingerprint density at radius 3 is 2.76 bits per heavy atom. The van der Waals surface area contributed by atoms with Crippen LogP contribution in [0.3, 0.4) is 0 Å². The molecule has 4 rings (SSSR count). The molecule has 3 aromatic heterocycles. The molecule has 2 N–H and O–H groups in total. The number of aryl methyl sites for hydroxylation is 1. The molecule has 124 valence electrons. The van der Waals surface area contributed by atoms with E-state index in [1.807, 2.05) is 42.1 Å². The van der Waals surface area contributed by atoms with Crippen molar-refractivity contribution < 1.29 is 4.79 Å². The maximum Gasteiger partial charge on any atom is 0.248 e. The second-order valence-electron chi connectivity index (χ2n) is 5.74. The molecule has 0 aliphatic heterocycles. The van der Waals surface area contributed by atoms with Crippen LogP contribution in [-0.4, -0.2) is 20.0 Å². The van der Waals surface area contributed by atoms with E-state index in [0.717, 1.165) is 26.8 Å². The average molecular weight is 348 g/mol. The molecule has 0 radical (unpaired) electrons. The van der Waals surface area contributed by atoms with Crippen molar-refractivity contribution in [2.75, 3.05) is 0 Å². The summed E-state index contributed by atoms with van der Waals surface area (Å²) in [5.74, 6) is -0.411. The van der Waals surface area contributed by atoms with Crippen LogP contribution in [0.4, 0.5) is 0 Å². The monoisotopic (exact) mass is 348 g/mol. The summed E-state index contributed by atoms with van der Waals surface area (Å²) in [6, 6.07) is 13.8. The van der Waals surface area contributed by atoms with Crippen LogP contribution in [0.2, 0.25) is 0 Å². The number of rotatable bonds is 4.